The molecule has 170 valence electrons. The highest BCUT2D eigenvalue weighted by atomic mass is 32.1. The summed E-state index contributed by atoms with van der Waals surface area (Å²) in [5.41, 5.74) is 4.32. The highest BCUT2D eigenvalue weighted by Crippen LogP contribution is 2.17. The Balaban J connectivity index is 1.45. The van der Waals surface area contributed by atoms with E-state index >= 15 is 0 Å². The molecule has 0 bridgehead atoms. The molecule has 1 fully saturated rings. The van der Waals surface area contributed by atoms with Crippen LogP contribution in [0, 0.1) is 13.8 Å². The van der Waals surface area contributed by atoms with Gasteiger partial charge in [-0.05, 0) is 60.2 Å². The van der Waals surface area contributed by atoms with Crippen LogP contribution in [0.25, 0.3) is 6.08 Å². The minimum Gasteiger partial charge on any atom is -0.335 e. The van der Waals surface area contributed by atoms with Crippen LogP contribution in [0.1, 0.15) is 31.9 Å². The van der Waals surface area contributed by atoms with E-state index in [-0.39, 0.29) is 11.8 Å². The second-order valence-electron chi connectivity index (χ2n) is 8.38. The average molecular weight is 460 g/mol. The van der Waals surface area contributed by atoms with Gasteiger partial charge in [-0.15, -0.1) is 11.3 Å². The number of nitrogens with zero attached hydrogens (tertiary/aromatic N) is 2. The first-order valence-corrected chi connectivity index (χ1v) is 12.1. The summed E-state index contributed by atoms with van der Waals surface area (Å²) in [4.78, 5) is 31.5. The molecule has 0 aliphatic carbocycles. The zero-order chi connectivity index (χ0) is 23.2. The largest absolute Gasteiger partial charge is 0.335 e. The van der Waals surface area contributed by atoms with Gasteiger partial charge in [-0.2, -0.15) is 0 Å². The van der Waals surface area contributed by atoms with Crippen LogP contribution < -0.4 is 5.32 Å². The van der Waals surface area contributed by atoms with E-state index in [0.717, 1.165) is 35.6 Å². The Morgan fingerprint density at radius 2 is 1.70 bits per heavy atom. The van der Waals surface area contributed by atoms with Crippen molar-refractivity contribution in [1.29, 1.82) is 0 Å². The predicted octanol–water partition coefficient (Wildman–Crippen LogP) is 4.48. The van der Waals surface area contributed by atoms with E-state index in [1.807, 2.05) is 54.5 Å². The third-order valence-corrected chi connectivity index (χ3v) is 6.81. The molecular weight excluding hydrogens is 430 g/mol. The summed E-state index contributed by atoms with van der Waals surface area (Å²) in [6.45, 7) is 7.74. The average Bonchev–Trinajstić information content (AvgIpc) is 3.34. The zero-order valence-electron chi connectivity index (χ0n) is 19.1. The number of rotatable bonds is 6. The van der Waals surface area contributed by atoms with Crippen LogP contribution in [0.15, 0.2) is 71.7 Å². The lowest BCUT2D eigenvalue weighted by Gasteiger charge is -2.35. The van der Waals surface area contributed by atoms with E-state index in [0.29, 0.717) is 24.4 Å². The molecule has 1 aliphatic rings. The number of piperazine rings is 1. The van der Waals surface area contributed by atoms with Gasteiger partial charge in [0.2, 0.25) is 0 Å². The first-order chi connectivity index (χ1) is 16.0. The molecule has 3 aromatic rings. The third-order valence-electron chi connectivity index (χ3n) is 5.99. The third kappa shape index (κ3) is 5.97. The van der Waals surface area contributed by atoms with Gasteiger partial charge in [0, 0.05) is 43.2 Å². The normalized spacial score (nSPS) is 14.8. The molecule has 4 rings (SSSR count). The lowest BCUT2D eigenvalue weighted by molar-refractivity contribution is -0.129. The van der Waals surface area contributed by atoms with Crippen LogP contribution in [0.2, 0.25) is 0 Å². The van der Waals surface area contributed by atoms with Crippen LogP contribution in [-0.4, -0.2) is 47.8 Å². The molecule has 5 nitrogen and oxygen atoms in total. The molecule has 0 saturated carbocycles. The molecule has 0 unspecified atom stereocenters. The van der Waals surface area contributed by atoms with Crippen molar-refractivity contribution in [2.24, 2.45) is 0 Å². The lowest BCUT2D eigenvalue weighted by atomic mass is 10.1. The highest BCUT2D eigenvalue weighted by molar-refractivity contribution is 7.10. The minimum atomic E-state index is -0.267. The lowest BCUT2D eigenvalue weighted by Crippen LogP contribution is -2.50. The Morgan fingerprint density at radius 1 is 0.939 bits per heavy atom. The Hall–Kier alpha value is -3.22. The van der Waals surface area contributed by atoms with Gasteiger partial charge in [-0.3, -0.25) is 14.5 Å². The number of nitrogens with one attached hydrogen (secondary N) is 1. The van der Waals surface area contributed by atoms with Crippen molar-refractivity contribution >= 4 is 29.2 Å². The molecule has 1 aromatic heterocycles. The van der Waals surface area contributed by atoms with E-state index in [9.17, 15) is 9.59 Å². The molecular formula is C27H29N3O2S. The van der Waals surface area contributed by atoms with Crippen molar-refractivity contribution in [3.8, 4) is 0 Å². The van der Waals surface area contributed by atoms with E-state index < -0.39 is 0 Å². The number of amides is 2. The van der Waals surface area contributed by atoms with Gasteiger partial charge in [-0.1, -0.05) is 42.5 Å². The fourth-order valence-electron chi connectivity index (χ4n) is 3.87. The van der Waals surface area contributed by atoms with Crippen molar-refractivity contribution in [2.75, 3.05) is 26.2 Å². The van der Waals surface area contributed by atoms with Gasteiger partial charge in [0.1, 0.15) is 5.70 Å². The molecule has 0 spiro atoms. The molecule has 0 atom stereocenters. The number of carbonyl (C=O) groups is 2. The zero-order valence-corrected chi connectivity index (χ0v) is 19.9. The summed E-state index contributed by atoms with van der Waals surface area (Å²) in [5.74, 6) is -0.406. The quantitative estimate of drug-likeness (QED) is 0.553. The monoisotopic (exact) mass is 459 g/mol. The summed E-state index contributed by atoms with van der Waals surface area (Å²) in [5, 5.41) is 4.85. The number of aryl methyl sites for hydroxylation is 2. The topological polar surface area (TPSA) is 52.7 Å². The standard InChI is InChI=1S/C27H29N3O2S/c1-20-10-11-23(17-21(20)2)26(31)28-25(18-24-9-6-16-33-24)27(32)30-14-12-29(13-15-30)19-22-7-4-3-5-8-22/h3-11,16-18H,12-15,19H2,1-2H3,(H,28,31)/b25-18-. The second-order valence-corrected chi connectivity index (χ2v) is 9.36. The minimum absolute atomic E-state index is 0.139. The van der Waals surface area contributed by atoms with E-state index in [2.05, 4.69) is 34.5 Å². The maximum Gasteiger partial charge on any atom is 0.270 e. The van der Waals surface area contributed by atoms with Crippen molar-refractivity contribution in [3.63, 3.8) is 0 Å². The number of hydrogen-bond acceptors (Lipinski definition) is 4. The second kappa shape index (κ2) is 10.6. The fraction of sp³-hybridized carbons (Fsp3) is 0.259. The Labute approximate surface area is 199 Å². The van der Waals surface area contributed by atoms with Crippen molar-refractivity contribution in [2.45, 2.75) is 20.4 Å². The van der Waals surface area contributed by atoms with Gasteiger partial charge in [0.25, 0.3) is 11.8 Å². The first-order valence-electron chi connectivity index (χ1n) is 11.2. The van der Waals surface area contributed by atoms with Crippen molar-refractivity contribution in [1.82, 2.24) is 15.1 Å². The maximum atomic E-state index is 13.4. The van der Waals surface area contributed by atoms with Gasteiger partial charge >= 0.3 is 0 Å². The number of carbonyl (C=O) groups excluding carboxylic acids is 2. The summed E-state index contributed by atoms with van der Waals surface area (Å²) in [7, 11) is 0. The van der Waals surface area contributed by atoms with E-state index in [4.69, 9.17) is 0 Å². The van der Waals surface area contributed by atoms with Crippen LogP contribution in [-0.2, 0) is 11.3 Å². The Bertz CT molecular complexity index is 1130. The van der Waals surface area contributed by atoms with Crippen molar-refractivity contribution < 1.29 is 9.59 Å². The summed E-state index contributed by atoms with van der Waals surface area (Å²) >= 11 is 1.54. The van der Waals surface area contributed by atoms with Crippen molar-refractivity contribution in [3.05, 3.63) is 98.9 Å². The molecule has 1 N–H and O–H groups in total. The smallest absolute Gasteiger partial charge is 0.270 e. The number of hydrogen-bond donors (Lipinski definition) is 1. The van der Waals surface area contributed by atoms with E-state index in [1.54, 1.807) is 12.1 Å². The molecule has 0 radical (unpaired) electrons. The summed E-state index contributed by atoms with van der Waals surface area (Å²) in [6, 6.07) is 19.8. The summed E-state index contributed by atoms with van der Waals surface area (Å²) < 4.78 is 0. The van der Waals surface area contributed by atoms with Gasteiger partial charge in [0.05, 0.1) is 0 Å². The Morgan fingerprint density at radius 3 is 2.36 bits per heavy atom. The molecule has 33 heavy (non-hydrogen) atoms. The molecule has 2 heterocycles. The molecule has 1 aliphatic heterocycles. The first kappa shape index (κ1) is 23.0. The van der Waals surface area contributed by atoms with Crippen LogP contribution in [0.5, 0.6) is 0 Å². The molecule has 2 aromatic carbocycles. The summed E-state index contributed by atoms with van der Waals surface area (Å²) in [6.07, 6.45) is 1.78. The maximum absolute atomic E-state index is 13.4. The predicted molar refractivity (Wildman–Crippen MR) is 134 cm³/mol. The van der Waals surface area contributed by atoms with Gasteiger partial charge < -0.3 is 10.2 Å². The number of thiophene rings is 1. The van der Waals surface area contributed by atoms with Crippen LogP contribution >= 0.6 is 11.3 Å². The van der Waals surface area contributed by atoms with Gasteiger partial charge in [-0.25, -0.2) is 0 Å². The SMILES string of the molecule is Cc1ccc(C(=O)N/C(=C\c2cccs2)C(=O)N2CCN(Cc3ccccc3)CC2)cc1C. The molecule has 6 heteroatoms. The van der Waals surface area contributed by atoms with Crippen LogP contribution in [0.4, 0.5) is 0 Å². The molecule has 2 amide bonds. The highest BCUT2D eigenvalue weighted by Gasteiger charge is 2.25. The Kier molecular flexibility index (Phi) is 7.37. The number of benzene rings is 2. The van der Waals surface area contributed by atoms with Crippen LogP contribution in [0.3, 0.4) is 0 Å². The van der Waals surface area contributed by atoms with E-state index in [1.165, 1.54) is 16.9 Å². The fourth-order valence-corrected chi connectivity index (χ4v) is 4.52. The molecule has 1 saturated heterocycles. The van der Waals surface area contributed by atoms with Gasteiger partial charge in [0.15, 0.2) is 0 Å².